The van der Waals surface area contributed by atoms with E-state index in [9.17, 15) is 19.8 Å². The highest BCUT2D eigenvalue weighted by Crippen LogP contribution is 2.78. The highest BCUT2D eigenvalue weighted by Gasteiger charge is 2.74. The minimum absolute atomic E-state index is 0.0381. The smallest absolute Gasteiger partial charge is 0.309 e. The maximum Gasteiger partial charge on any atom is 0.309 e. The normalized spacial score (nSPS) is 35.8. The molecule has 0 aromatic heterocycles. The van der Waals surface area contributed by atoms with Crippen LogP contribution in [0.2, 0.25) is 5.02 Å². The van der Waals surface area contributed by atoms with Gasteiger partial charge in [0, 0.05) is 41.9 Å². The summed E-state index contributed by atoms with van der Waals surface area (Å²) in [5.74, 6) is 0.349. The van der Waals surface area contributed by atoms with Crippen LogP contribution in [0.1, 0.15) is 127 Å². The van der Waals surface area contributed by atoms with E-state index in [2.05, 4.69) is 67.4 Å². The largest absolute Gasteiger partial charge is 0.503 e. The fourth-order valence-corrected chi connectivity index (χ4v) is 14.2. The van der Waals surface area contributed by atoms with Gasteiger partial charge in [-0.3, -0.25) is 19.6 Å². The molecular weight excluding hydrogens is 746 g/mol. The Balaban J connectivity index is 1.42. The van der Waals surface area contributed by atoms with E-state index in [0.29, 0.717) is 47.4 Å². The molecule has 1 aromatic carbocycles. The van der Waals surface area contributed by atoms with Gasteiger partial charge in [0.05, 0.1) is 22.6 Å². The molecule has 0 bridgehead atoms. The predicted octanol–water partition coefficient (Wildman–Crippen LogP) is 11.2. The molecule has 1 aromatic rings. The molecule has 4 N–H and O–H groups in total. The molecule has 4 saturated carbocycles. The van der Waals surface area contributed by atoms with Gasteiger partial charge in [0.25, 0.3) is 0 Å². The molecule has 5 aliphatic carbocycles. The van der Waals surface area contributed by atoms with Crippen molar-refractivity contribution in [3.05, 3.63) is 82.1 Å². The highest BCUT2D eigenvalue weighted by atomic mass is 35.5. The molecule has 0 radical (unpaired) electrons. The first-order valence-electron chi connectivity index (χ1n) is 21.5. The van der Waals surface area contributed by atoms with Crippen molar-refractivity contribution in [3.63, 3.8) is 0 Å². The summed E-state index contributed by atoms with van der Waals surface area (Å²) >= 11 is 6.28. The first kappa shape index (κ1) is 44.1. The van der Waals surface area contributed by atoms with Crippen LogP contribution < -0.4 is 10.7 Å². The van der Waals surface area contributed by atoms with E-state index in [1.807, 2.05) is 48.4 Å². The number of anilines is 1. The van der Waals surface area contributed by atoms with E-state index in [-0.39, 0.29) is 45.9 Å². The van der Waals surface area contributed by atoms with Crippen LogP contribution in [0.5, 0.6) is 0 Å². The first-order valence-corrected chi connectivity index (χ1v) is 21.8. The summed E-state index contributed by atoms with van der Waals surface area (Å²) in [6, 6.07) is 7.55. The highest BCUT2D eigenvalue weighted by molar-refractivity contribution is 6.30. The number of carboxylic acid groups (broad SMARTS) is 1. The Morgan fingerprint density at radius 1 is 1.02 bits per heavy atom. The molecule has 4 fully saturated rings. The second-order valence-electron chi connectivity index (χ2n) is 21.0. The van der Waals surface area contributed by atoms with E-state index in [0.717, 1.165) is 61.8 Å². The van der Waals surface area contributed by atoms with Crippen LogP contribution in [0.15, 0.2) is 77.1 Å². The van der Waals surface area contributed by atoms with E-state index >= 15 is 0 Å². The zero-order chi connectivity index (χ0) is 43.2. The maximum atomic E-state index is 12.8. The van der Waals surface area contributed by atoms with Gasteiger partial charge in [0.15, 0.2) is 12.0 Å². The van der Waals surface area contributed by atoms with Crippen molar-refractivity contribution in [2.45, 2.75) is 138 Å². The van der Waals surface area contributed by atoms with Gasteiger partial charge >= 0.3 is 5.97 Å². The van der Waals surface area contributed by atoms with E-state index in [1.54, 1.807) is 13.8 Å². The average Bonchev–Trinajstić information content (AvgIpc) is 3.50. The van der Waals surface area contributed by atoms with Crippen LogP contribution in [-0.4, -0.2) is 53.2 Å². The van der Waals surface area contributed by atoms with E-state index < -0.39 is 22.3 Å². The van der Waals surface area contributed by atoms with Gasteiger partial charge < -0.3 is 20.7 Å². The second-order valence-corrected chi connectivity index (χ2v) is 21.4. The van der Waals surface area contributed by atoms with Crippen molar-refractivity contribution in [2.24, 2.45) is 56.0 Å². The topological polar surface area (TPSA) is 116 Å². The third-order valence-electron chi connectivity index (χ3n) is 17.2. The van der Waals surface area contributed by atoms with Crippen LogP contribution in [0, 0.1) is 50.2 Å². The van der Waals surface area contributed by atoms with Gasteiger partial charge in [-0.15, -0.1) is 5.73 Å². The lowest BCUT2D eigenvalue weighted by atomic mass is 9.31. The number of carboxylic acids is 1. The number of rotatable bonds is 11. The Hall–Kier alpha value is -3.45. The molecule has 0 heterocycles. The number of carbonyl (C=O) groups is 2. The van der Waals surface area contributed by atoms with E-state index in [4.69, 9.17) is 22.1 Å². The Bertz CT molecular complexity index is 1980. The quantitative estimate of drug-likeness (QED) is 0.0665. The van der Waals surface area contributed by atoms with Crippen molar-refractivity contribution in [2.75, 3.05) is 19.1 Å². The Morgan fingerprint density at radius 3 is 2.21 bits per heavy atom. The second kappa shape index (κ2) is 14.6. The summed E-state index contributed by atoms with van der Waals surface area (Å²) < 4.78 is 6.64. The molecule has 5 aliphatic rings. The number of fused-ring (bicyclic) bond motifs is 7. The molecule has 7 unspecified atom stereocenters. The van der Waals surface area contributed by atoms with Crippen LogP contribution in [0.25, 0.3) is 0 Å². The number of aliphatic carboxylic acids is 1. The summed E-state index contributed by atoms with van der Waals surface area (Å²) in [6.07, 6.45) is 8.65. The molecule has 6 rings (SSSR count). The SMILES string of the molecule is C=C=C1CC2(/C(=C(\O)C=O)N(C)N(C)c3ccc(Cl)cc3)CC[C@]3(C)C(N)(CCC4C5(C)CCC(OC(=C)CC(C)(C)C(=O)O)C(C)(C)C5CCC43C)C2=C1C(C)C. The standard InChI is InChI=1S/C49H70ClN3O5/c1-14-32-28-48(41(35(55)29-54)53(13)52(12)34-17-15-33(50)16-18-34)26-25-47(11)46(10)23-19-36-44(7,8)38(58-31(4)27-43(5,6)42(56)57)21-22-45(36,9)37(46)20-24-49(47,51)40(48)39(32)30(2)3/h15-18,29-30,36-38,55H,1,4,19-28,51H2,2-3,5-13H3,(H,56,57)/b41-35+/t36?,37?,38?,45?,46?,47-,48?,49?/m0/s1. The third kappa shape index (κ3) is 6.24. The lowest BCUT2D eigenvalue weighted by molar-refractivity contribution is -0.234. The van der Waals surface area contributed by atoms with Crippen LogP contribution in [0.3, 0.4) is 0 Å². The summed E-state index contributed by atoms with van der Waals surface area (Å²) in [5, 5.41) is 26.1. The lowest BCUT2D eigenvalue weighted by Crippen LogP contribution is -2.74. The lowest BCUT2D eigenvalue weighted by Gasteiger charge is -2.74. The maximum absolute atomic E-state index is 12.8. The molecular formula is C49H70ClN3O5. The van der Waals surface area contributed by atoms with Crippen molar-refractivity contribution in [1.82, 2.24) is 5.01 Å². The fraction of sp³-hybridized carbons (Fsp3) is 0.653. The number of nitrogens with two attached hydrogens (primary N) is 1. The number of aliphatic hydroxyl groups is 1. The van der Waals surface area contributed by atoms with Crippen molar-refractivity contribution in [1.29, 1.82) is 0 Å². The van der Waals surface area contributed by atoms with Gasteiger partial charge in [-0.1, -0.05) is 73.2 Å². The predicted molar refractivity (Wildman–Crippen MR) is 234 cm³/mol. The number of hydrogen-bond donors (Lipinski definition) is 3. The van der Waals surface area contributed by atoms with Gasteiger partial charge in [-0.25, -0.2) is 0 Å². The summed E-state index contributed by atoms with van der Waals surface area (Å²) in [7, 11) is 3.86. The minimum atomic E-state index is -0.947. The molecule has 0 amide bonds. The number of hydrazine groups is 1. The molecule has 318 valence electrons. The number of nitrogens with zero attached hydrogens (tertiary/aromatic N) is 2. The Morgan fingerprint density at radius 2 is 1.64 bits per heavy atom. The molecule has 0 aliphatic heterocycles. The first-order chi connectivity index (χ1) is 26.8. The number of aldehydes is 1. The number of aliphatic hydroxyl groups excluding tert-OH is 1. The van der Waals surface area contributed by atoms with Gasteiger partial charge in [-0.2, -0.15) is 0 Å². The van der Waals surface area contributed by atoms with Crippen molar-refractivity contribution < 1.29 is 24.5 Å². The van der Waals surface area contributed by atoms with Crippen LogP contribution in [-0.2, 0) is 14.3 Å². The van der Waals surface area contributed by atoms with Gasteiger partial charge in [0.1, 0.15) is 6.10 Å². The zero-order valence-corrected chi connectivity index (χ0v) is 37.9. The van der Waals surface area contributed by atoms with Crippen molar-refractivity contribution in [3.8, 4) is 0 Å². The van der Waals surface area contributed by atoms with E-state index in [1.165, 1.54) is 5.57 Å². The summed E-state index contributed by atoms with van der Waals surface area (Å²) in [6.45, 7) is 28.6. The molecule has 58 heavy (non-hydrogen) atoms. The number of carbonyl (C=O) groups excluding carboxylic acids is 1. The fourth-order valence-electron chi connectivity index (χ4n) is 14.0. The van der Waals surface area contributed by atoms with Crippen LogP contribution >= 0.6 is 11.6 Å². The number of hydrogen-bond acceptors (Lipinski definition) is 7. The number of ether oxygens (including phenoxy) is 1. The molecule has 0 spiro atoms. The summed E-state index contributed by atoms with van der Waals surface area (Å²) in [5.41, 5.74) is 13.4. The molecule has 0 saturated heterocycles. The monoisotopic (exact) mass is 816 g/mol. The van der Waals surface area contributed by atoms with Gasteiger partial charge in [0.2, 0.25) is 0 Å². The number of allylic oxidation sites excluding steroid dienone is 5. The van der Waals surface area contributed by atoms with Crippen LogP contribution in [0.4, 0.5) is 5.69 Å². The molecule has 8 nitrogen and oxygen atoms in total. The number of halogens is 1. The molecule has 9 heteroatoms. The minimum Gasteiger partial charge on any atom is -0.503 e. The van der Waals surface area contributed by atoms with Gasteiger partial charge in [-0.05, 0) is 147 Å². The zero-order valence-electron chi connectivity index (χ0n) is 37.2. The Kier molecular flexibility index (Phi) is 11.1. The molecule has 8 atom stereocenters. The number of benzene rings is 1. The average molecular weight is 817 g/mol. The van der Waals surface area contributed by atoms with Crippen molar-refractivity contribution >= 4 is 29.5 Å². The third-order valence-corrected chi connectivity index (χ3v) is 17.5. The summed E-state index contributed by atoms with van der Waals surface area (Å²) in [4.78, 5) is 24.7. The Labute approximate surface area is 353 Å².